The first-order chi connectivity index (χ1) is 9.56. The minimum Gasteiger partial charge on any atom is -0.352 e. The van der Waals surface area contributed by atoms with Crippen LogP contribution in [0.1, 0.15) is 15.9 Å². The molecule has 3 nitrogen and oxygen atoms in total. The van der Waals surface area contributed by atoms with Crippen LogP contribution in [0, 0.1) is 0 Å². The summed E-state index contributed by atoms with van der Waals surface area (Å²) >= 11 is 17.5. The molecule has 6 heteroatoms. The zero-order valence-corrected chi connectivity index (χ0v) is 12.6. The van der Waals surface area contributed by atoms with Gasteiger partial charge in [-0.05, 0) is 36.2 Å². The van der Waals surface area contributed by atoms with Crippen LogP contribution in [-0.4, -0.2) is 17.4 Å². The fourth-order valence-electron chi connectivity index (χ4n) is 1.65. The largest absolute Gasteiger partial charge is 0.352 e. The van der Waals surface area contributed by atoms with Crippen LogP contribution < -0.4 is 5.32 Å². The van der Waals surface area contributed by atoms with E-state index in [1.165, 1.54) is 6.20 Å². The lowest BCUT2D eigenvalue weighted by Crippen LogP contribution is -2.25. The van der Waals surface area contributed by atoms with Gasteiger partial charge in [0.1, 0.15) is 5.15 Å². The van der Waals surface area contributed by atoms with Crippen molar-refractivity contribution in [1.29, 1.82) is 0 Å². The highest BCUT2D eigenvalue weighted by Gasteiger charge is 2.06. The Balaban J connectivity index is 1.89. The molecule has 2 aromatic rings. The molecule has 1 aromatic heterocycles. The maximum Gasteiger partial charge on any atom is 0.252 e. The predicted molar refractivity (Wildman–Crippen MR) is 81.7 cm³/mol. The normalized spacial score (nSPS) is 10.3. The Hall–Kier alpha value is -1.29. The molecule has 2 rings (SSSR count). The average Bonchev–Trinajstić information content (AvgIpc) is 2.42. The molecule has 0 aliphatic rings. The number of aromatic nitrogens is 1. The number of halogens is 3. The van der Waals surface area contributed by atoms with E-state index in [1.54, 1.807) is 24.3 Å². The van der Waals surface area contributed by atoms with Crippen LogP contribution in [0.2, 0.25) is 15.2 Å². The van der Waals surface area contributed by atoms with Gasteiger partial charge in [0.05, 0.1) is 5.56 Å². The first kappa shape index (κ1) is 15.1. The number of hydrogen-bond donors (Lipinski definition) is 1. The van der Waals surface area contributed by atoms with Crippen LogP contribution in [0.25, 0.3) is 0 Å². The number of nitrogens with zero attached hydrogens (tertiary/aromatic N) is 1. The van der Waals surface area contributed by atoms with Crippen LogP contribution in [0.4, 0.5) is 0 Å². The Morgan fingerprint density at radius 2 is 1.95 bits per heavy atom. The number of benzene rings is 1. The van der Waals surface area contributed by atoms with Crippen LogP contribution in [0.3, 0.4) is 0 Å². The summed E-state index contributed by atoms with van der Waals surface area (Å²) in [4.78, 5) is 15.7. The van der Waals surface area contributed by atoms with Crippen molar-refractivity contribution < 1.29 is 4.79 Å². The van der Waals surface area contributed by atoms with Crippen molar-refractivity contribution in [3.8, 4) is 0 Å². The molecule has 0 bridgehead atoms. The molecule has 0 fully saturated rings. The van der Waals surface area contributed by atoms with E-state index in [1.807, 2.05) is 6.07 Å². The Kier molecular flexibility index (Phi) is 5.24. The Bertz CT molecular complexity index is 614. The average molecular weight is 330 g/mol. The van der Waals surface area contributed by atoms with Gasteiger partial charge < -0.3 is 5.32 Å². The van der Waals surface area contributed by atoms with E-state index in [0.29, 0.717) is 33.7 Å². The van der Waals surface area contributed by atoms with Gasteiger partial charge in [0.2, 0.25) is 0 Å². The van der Waals surface area contributed by atoms with Crippen molar-refractivity contribution in [2.45, 2.75) is 6.42 Å². The summed E-state index contributed by atoms with van der Waals surface area (Å²) in [7, 11) is 0. The maximum atomic E-state index is 11.8. The summed E-state index contributed by atoms with van der Waals surface area (Å²) in [5.41, 5.74) is 1.40. The number of nitrogens with one attached hydrogen (secondary N) is 1. The lowest BCUT2D eigenvalue weighted by atomic mass is 10.1. The van der Waals surface area contributed by atoms with Gasteiger partial charge in [-0.25, -0.2) is 4.98 Å². The first-order valence-electron chi connectivity index (χ1n) is 5.90. The Morgan fingerprint density at radius 3 is 2.60 bits per heavy atom. The number of hydrogen-bond acceptors (Lipinski definition) is 2. The molecule has 0 aliphatic carbocycles. The molecule has 0 saturated carbocycles. The van der Waals surface area contributed by atoms with E-state index in [4.69, 9.17) is 34.8 Å². The molecule has 1 amide bonds. The second-order valence-electron chi connectivity index (χ2n) is 4.11. The van der Waals surface area contributed by atoms with E-state index in [0.717, 1.165) is 5.56 Å². The van der Waals surface area contributed by atoms with Gasteiger partial charge in [-0.1, -0.05) is 40.9 Å². The molecule has 0 radical (unpaired) electrons. The zero-order valence-electron chi connectivity index (χ0n) is 10.4. The third kappa shape index (κ3) is 4.10. The Labute approximate surface area is 131 Å². The summed E-state index contributed by atoms with van der Waals surface area (Å²) in [6.07, 6.45) is 2.07. The van der Waals surface area contributed by atoms with E-state index in [9.17, 15) is 4.79 Å². The standard InChI is InChI=1S/C14H11Cl3N2O/c15-11-3-1-9(12(16)7-11)5-6-18-14(20)10-2-4-13(17)19-8-10/h1-4,7-8H,5-6H2,(H,18,20). The second-order valence-corrected chi connectivity index (χ2v) is 5.34. The highest BCUT2D eigenvalue weighted by Crippen LogP contribution is 2.21. The van der Waals surface area contributed by atoms with Crippen molar-refractivity contribution in [2.24, 2.45) is 0 Å². The van der Waals surface area contributed by atoms with E-state index < -0.39 is 0 Å². The summed E-state index contributed by atoms with van der Waals surface area (Å²) in [5, 5.41) is 4.34. The Morgan fingerprint density at radius 1 is 1.15 bits per heavy atom. The summed E-state index contributed by atoms with van der Waals surface area (Å²) < 4.78 is 0. The van der Waals surface area contributed by atoms with Crippen molar-refractivity contribution in [1.82, 2.24) is 10.3 Å². The smallest absolute Gasteiger partial charge is 0.252 e. The third-order valence-corrected chi connectivity index (χ3v) is 3.50. The predicted octanol–water partition coefficient (Wildman–Crippen LogP) is 4.01. The quantitative estimate of drug-likeness (QED) is 0.861. The molecular weight excluding hydrogens is 319 g/mol. The molecule has 0 saturated heterocycles. The molecule has 1 N–H and O–H groups in total. The van der Waals surface area contributed by atoms with Crippen molar-refractivity contribution >= 4 is 40.7 Å². The topological polar surface area (TPSA) is 42.0 Å². The van der Waals surface area contributed by atoms with Crippen LogP contribution in [-0.2, 0) is 6.42 Å². The maximum absolute atomic E-state index is 11.8. The van der Waals surface area contributed by atoms with Gasteiger partial charge in [0, 0.05) is 22.8 Å². The van der Waals surface area contributed by atoms with Crippen LogP contribution >= 0.6 is 34.8 Å². The minimum absolute atomic E-state index is 0.195. The number of amides is 1. The van der Waals surface area contributed by atoms with E-state index in [2.05, 4.69) is 10.3 Å². The molecule has 1 aromatic carbocycles. The van der Waals surface area contributed by atoms with Crippen LogP contribution in [0.15, 0.2) is 36.5 Å². The highest BCUT2D eigenvalue weighted by atomic mass is 35.5. The first-order valence-corrected chi connectivity index (χ1v) is 7.03. The molecule has 20 heavy (non-hydrogen) atoms. The van der Waals surface area contributed by atoms with Gasteiger partial charge in [-0.15, -0.1) is 0 Å². The minimum atomic E-state index is -0.195. The van der Waals surface area contributed by atoms with Crippen molar-refractivity contribution in [2.75, 3.05) is 6.54 Å². The summed E-state index contributed by atoms with van der Waals surface area (Å²) in [6.45, 7) is 0.475. The van der Waals surface area contributed by atoms with Gasteiger partial charge in [0.15, 0.2) is 0 Å². The number of carbonyl (C=O) groups excluding carboxylic acids is 1. The van der Waals surface area contributed by atoms with E-state index >= 15 is 0 Å². The number of rotatable bonds is 4. The molecular formula is C14H11Cl3N2O. The summed E-state index contributed by atoms with van der Waals surface area (Å²) in [6, 6.07) is 8.50. The molecule has 1 heterocycles. The zero-order chi connectivity index (χ0) is 14.5. The fraction of sp³-hybridized carbons (Fsp3) is 0.143. The highest BCUT2D eigenvalue weighted by molar-refractivity contribution is 6.35. The van der Waals surface area contributed by atoms with Crippen molar-refractivity contribution in [3.63, 3.8) is 0 Å². The third-order valence-electron chi connectivity index (χ3n) is 2.68. The molecule has 0 spiro atoms. The molecule has 0 aliphatic heterocycles. The SMILES string of the molecule is O=C(NCCc1ccc(Cl)cc1Cl)c1ccc(Cl)nc1. The molecule has 0 atom stereocenters. The lowest BCUT2D eigenvalue weighted by Gasteiger charge is -2.07. The van der Waals surface area contributed by atoms with Gasteiger partial charge in [-0.2, -0.15) is 0 Å². The second kappa shape index (κ2) is 6.93. The van der Waals surface area contributed by atoms with E-state index in [-0.39, 0.29) is 5.91 Å². The van der Waals surface area contributed by atoms with Crippen LogP contribution in [0.5, 0.6) is 0 Å². The monoisotopic (exact) mass is 328 g/mol. The molecule has 0 unspecified atom stereocenters. The number of carbonyl (C=O) groups is 1. The van der Waals surface area contributed by atoms with Crippen molar-refractivity contribution in [3.05, 3.63) is 62.9 Å². The molecule has 104 valence electrons. The fourth-order valence-corrected chi connectivity index (χ4v) is 2.26. The lowest BCUT2D eigenvalue weighted by molar-refractivity contribution is 0.0954. The van der Waals surface area contributed by atoms with Gasteiger partial charge in [0.25, 0.3) is 5.91 Å². The number of pyridine rings is 1. The van der Waals surface area contributed by atoms with Gasteiger partial charge in [-0.3, -0.25) is 4.79 Å². The van der Waals surface area contributed by atoms with Gasteiger partial charge >= 0.3 is 0 Å². The summed E-state index contributed by atoms with van der Waals surface area (Å²) in [5.74, 6) is -0.195.